The zero-order chi connectivity index (χ0) is 19.5. The van der Waals surface area contributed by atoms with E-state index in [9.17, 15) is 18.0 Å². The first-order valence-electron chi connectivity index (χ1n) is 7.66. The van der Waals surface area contributed by atoms with Crippen LogP contribution < -0.4 is 15.2 Å². The lowest BCUT2D eigenvalue weighted by molar-refractivity contribution is -0.136. The van der Waals surface area contributed by atoms with Crippen LogP contribution in [0.3, 0.4) is 0 Å². The van der Waals surface area contributed by atoms with Crippen LogP contribution >= 0.6 is 0 Å². The number of hydrogen-bond donors (Lipinski definition) is 1. The second-order valence-electron chi connectivity index (χ2n) is 5.34. The largest absolute Gasteiger partial charge is 0.493 e. The van der Waals surface area contributed by atoms with Crippen molar-refractivity contribution < 1.29 is 32.2 Å². The summed E-state index contributed by atoms with van der Waals surface area (Å²) in [6.45, 7) is 1.54. The monoisotopic (exact) mass is 372 g/mol. The molecule has 1 heterocycles. The van der Waals surface area contributed by atoms with Crippen LogP contribution in [0.2, 0.25) is 0 Å². The smallest absolute Gasteiger partial charge is 0.419 e. The Balaban J connectivity index is 2.50. The molecule has 0 spiro atoms. The predicted molar refractivity (Wildman–Crippen MR) is 88.5 cm³/mol. The van der Waals surface area contributed by atoms with E-state index in [1.54, 1.807) is 25.1 Å². The maximum Gasteiger partial charge on any atom is 0.419 e. The van der Waals surface area contributed by atoms with Crippen molar-refractivity contribution in [1.29, 1.82) is 0 Å². The molecule has 2 rings (SSSR count). The minimum atomic E-state index is -4.69. The van der Waals surface area contributed by atoms with Crippen LogP contribution in [0.15, 0.2) is 24.4 Å². The molecule has 2 aromatic rings. The molecular weight excluding hydrogens is 353 g/mol. The Bertz CT molecular complexity index is 800. The zero-order valence-electron chi connectivity index (χ0n) is 14.5. The second-order valence-corrected chi connectivity index (χ2v) is 5.34. The highest BCUT2D eigenvalue weighted by Crippen LogP contribution is 2.37. The molecule has 0 saturated carbocycles. The number of nitrogens with two attached hydrogens (primary N) is 1. The van der Waals surface area contributed by atoms with E-state index in [2.05, 4.69) is 0 Å². The number of nitrogen functional groups attached to an aromatic ring is 1. The van der Waals surface area contributed by atoms with Gasteiger partial charge in [-0.2, -0.15) is 13.2 Å². The standard InChI is InChI=1S/C17H19F3N2O4/c1-4-26-16(23)15-14(21)11(17(18,19)20)9-22(15)8-10-5-6-12(24-2)13(7-10)25-3/h5-7,9H,4,8,21H2,1-3H3. The first kappa shape index (κ1) is 19.5. The summed E-state index contributed by atoms with van der Waals surface area (Å²) < 4.78 is 55.8. The van der Waals surface area contributed by atoms with Crippen molar-refractivity contribution in [3.8, 4) is 11.5 Å². The van der Waals surface area contributed by atoms with Gasteiger partial charge in [-0.05, 0) is 24.6 Å². The van der Waals surface area contributed by atoms with Gasteiger partial charge in [0.2, 0.25) is 0 Å². The molecule has 6 nitrogen and oxygen atoms in total. The van der Waals surface area contributed by atoms with Crippen molar-refractivity contribution in [2.75, 3.05) is 26.6 Å². The molecule has 0 unspecified atom stereocenters. The van der Waals surface area contributed by atoms with Gasteiger partial charge in [-0.1, -0.05) is 6.07 Å². The maximum atomic E-state index is 13.2. The van der Waals surface area contributed by atoms with Gasteiger partial charge in [-0.15, -0.1) is 0 Å². The number of ether oxygens (including phenoxy) is 3. The topological polar surface area (TPSA) is 75.7 Å². The molecule has 2 N–H and O–H groups in total. The number of anilines is 1. The lowest BCUT2D eigenvalue weighted by Gasteiger charge is -2.12. The molecule has 0 aliphatic rings. The van der Waals surface area contributed by atoms with E-state index in [0.29, 0.717) is 17.1 Å². The van der Waals surface area contributed by atoms with Crippen LogP contribution in [0.4, 0.5) is 18.9 Å². The molecule has 0 saturated heterocycles. The third kappa shape index (κ3) is 3.87. The highest BCUT2D eigenvalue weighted by molar-refractivity contribution is 5.94. The van der Waals surface area contributed by atoms with Crippen molar-refractivity contribution >= 4 is 11.7 Å². The third-order valence-corrected chi connectivity index (χ3v) is 3.69. The highest BCUT2D eigenvalue weighted by atomic mass is 19.4. The van der Waals surface area contributed by atoms with Crippen LogP contribution in [0.5, 0.6) is 11.5 Å². The summed E-state index contributed by atoms with van der Waals surface area (Å²) >= 11 is 0. The number of carbonyl (C=O) groups is 1. The number of alkyl halides is 3. The molecule has 0 amide bonds. The van der Waals surface area contributed by atoms with Gasteiger partial charge in [-0.25, -0.2) is 4.79 Å². The summed E-state index contributed by atoms with van der Waals surface area (Å²) in [6, 6.07) is 4.88. The lowest BCUT2D eigenvalue weighted by atomic mass is 10.2. The number of nitrogens with zero attached hydrogens (tertiary/aromatic N) is 1. The minimum Gasteiger partial charge on any atom is -0.493 e. The molecule has 0 atom stereocenters. The van der Waals surface area contributed by atoms with Gasteiger partial charge >= 0.3 is 12.1 Å². The number of carbonyl (C=O) groups excluding carboxylic acids is 1. The molecule has 0 bridgehead atoms. The van der Waals surface area contributed by atoms with Crippen molar-refractivity contribution in [2.45, 2.75) is 19.6 Å². The summed E-state index contributed by atoms with van der Waals surface area (Å²) in [6.07, 6.45) is -3.88. The fourth-order valence-corrected chi connectivity index (χ4v) is 2.53. The first-order valence-corrected chi connectivity index (χ1v) is 7.66. The maximum absolute atomic E-state index is 13.2. The minimum absolute atomic E-state index is 0.0150. The Morgan fingerprint density at radius 1 is 1.19 bits per heavy atom. The summed E-state index contributed by atoms with van der Waals surface area (Å²) in [7, 11) is 2.92. The van der Waals surface area contributed by atoms with Gasteiger partial charge < -0.3 is 24.5 Å². The van der Waals surface area contributed by atoms with Gasteiger partial charge in [-0.3, -0.25) is 0 Å². The van der Waals surface area contributed by atoms with E-state index in [-0.39, 0.29) is 18.8 Å². The van der Waals surface area contributed by atoms with E-state index >= 15 is 0 Å². The molecular formula is C17H19F3N2O4. The average molecular weight is 372 g/mol. The molecule has 0 aliphatic carbocycles. The number of benzene rings is 1. The summed E-state index contributed by atoms with van der Waals surface area (Å²) in [5, 5.41) is 0. The van der Waals surface area contributed by atoms with E-state index < -0.39 is 23.4 Å². The normalized spacial score (nSPS) is 11.3. The van der Waals surface area contributed by atoms with Crippen molar-refractivity contribution in [3.63, 3.8) is 0 Å². The fourth-order valence-electron chi connectivity index (χ4n) is 2.53. The number of hydrogen-bond acceptors (Lipinski definition) is 5. The SMILES string of the molecule is CCOC(=O)c1c(N)c(C(F)(F)F)cn1Cc1ccc(OC)c(OC)c1. The number of aromatic nitrogens is 1. The molecule has 0 radical (unpaired) electrons. The summed E-state index contributed by atoms with van der Waals surface area (Å²) in [5.74, 6) is -0.0234. The zero-order valence-corrected chi connectivity index (χ0v) is 14.5. The van der Waals surface area contributed by atoms with Crippen LogP contribution in [0, 0.1) is 0 Å². The van der Waals surface area contributed by atoms with Crippen LogP contribution in [0.1, 0.15) is 28.5 Å². The molecule has 1 aromatic carbocycles. The average Bonchev–Trinajstić information content (AvgIpc) is 2.91. The molecule has 142 valence electrons. The quantitative estimate of drug-likeness (QED) is 0.787. The molecule has 0 aliphatic heterocycles. The van der Waals surface area contributed by atoms with Gasteiger partial charge in [0.25, 0.3) is 0 Å². The number of esters is 1. The Morgan fingerprint density at radius 3 is 2.38 bits per heavy atom. The van der Waals surface area contributed by atoms with Crippen molar-refractivity contribution in [1.82, 2.24) is 4.57 Å². The fraction of sp³-hybridized carbons (Fsp3) is 0.353. The Labute approximate surface area is 148 Å². The lowest BCUT2D eigenvalue weighted by Crippen LogP contribution is -2.14. The molecule has 1 aromatic heterocycles. The Kier molecular flexibility index (Phi) is 5.69. The summed E-state index contributed by atoms with van der Waals surface area (Å²) in [5.41, 5.74) is 4.11. The molecule has 9 heteroatoms. The van der Waals surface area contributed by atoms with Crippen LogP contribution in [-0.4, -0.2) is 31.4 Å². The predicted octanol–water partition coefficient (Wildman–Crippen LogP) is 3.33. The first-order chi connectivity index (χ1) is 12.2. The Morgan fingerprint density at radius 2 is 1.85 bits per heavy atom. The van der Waals surface area contributed by atoms with Gasteiger partial charge in [0.05, 0.1) is 32.1 Å². The molecule has 0 fully saturated rings. The Hall–Kier alpha value is -2.84. The number of rotatable bonds is 6. The van der Waals surface area contributed by atoms with Gasteiger partial charge in [0, 0.05) is 12.7 Å². The number of halogens is 3. The van der Waals surface area contributed by atoms with Crippen molar-refractivity contribution in [3.05, 3.63) is 41.2 Å². The van der Waals surface area contributed by atoms with Crippen LogP contribution in [-0.2, 0) is 17.5 Å². The van der Waals surface area contributed by atoms with Gasteiger partial charge in [0.15, 0.2) is 17.2 Å². The van der Waals surface area contributed by atoms with E-state index in [1.165, 1.54) is 14.2 Å². The third-order valence-electron chi connectivity index (χ3n) is 3.69. The van der Waals surface area contributed by atoms with E-state index in [4.69, 9.17) is 19.9 Å². The highest BCUT2D eigenvalue weighted by Gasteiger charge is 2.38. The van der Waals surface area contributed by atoms with E-state index in [1.807, 2.05) is 0 Å². The van der Waals surface area contributed by atoms with Crippen LogP contribution in [0.25, 0.3) is 0 Å². The second kappa shape index (κ2) is 7.59. The van der Waals surface area contributed by atoms with Crippen molar-refractivity contribution in [2.24, 2.45) is 0 Å². The summed E-state index contributed by atoms with van der Waals surface area (Å²) in [4.78, 5) is 12.1. The van der Waals surface area contributed by atoms with E-state index in [0.717, 1.165) is 10.8 Å². The number of methoxy groups -OCH3 is 2. The molecule has 26 heavy (non-hydrogen) atoms. The van der Waals surface area contributed by atoms with Gasteiger partial charge in [0.1, 0.15) is 0 Å².